The molecule has 5 aromatic rings. The van der Waals surface area contributed by atoms with Crippen molar-refractivity contribution in [2.24, 2.45) is 0 Å². The number of nitrogens with zero attached hydrogens (tertiary/aromatic N) is 3. The van der Waals surface area contributed by atoms with Gasteiger partial charge in [-0.2, -0.15) is 0 Å². The van der Waals surface area contributed by atoms with Gasteiger partial charge in [0.2, 0.25) is 0 Å². The van der Waals surface area contributed by atoms with Crippen LogP contribution in [0.15, 0.2) is 71.3 Å². The summed E-state index contributed by atoms with van der Waals surface area (Å²) >= 11 is 0. The summed E-state index contributed by atoms with van der Waals surface area (Å²) in [4.78, 5) is 15.4. The van der Waals surface area contributed by atoms with Gasteiger partial charge in [-0.1, -0.05) is 47.6 Å². The van der Waals surface area contributed by atoms with Gasteiger partial charge in [0.25, 0.3) is 5.91 Å². The van der Waals surface area contributed by atoms with Crippen LogP contribution in [-0.4, -0.2) is 44.3 Å². The number of rotatable bonds is 4. The Bertz CT molecular complexity index is 1600. The van der Waals surface area contributed by atoms with Crippen LogP contribution in [0.3, 0.4) is 0 Å². The second-order valence-corrected chi connectivity index (χ2v) is 10.3. The van der Waals surface area contributed by atoms with E-state index in [1.807, 2.05) is 43.9 Å². The van der Waals surface area contributed by atoms with E-state index in [-0.39, 0.29) is 18.1 Å². The third kappa shape index (κ3) is 4.11. The minimum absolute atomic E-state index is 0.0176. The monoisotopic (exact) mass is 493 g/mol. The first-order chi connectivity index (χ1) is 17.9. The number of fused-ring (bicyclic) bond motifs is 3. The van der Waals surface area contributed by atoms with Crippen molar-refractivity contribution >= 4 is 27.7 Å². The second kappa shape index (κ2) is 9.20. The van der Waals surface area contributed by atoms with Crippen LogP contribution in [-0.2, 0) is 6.54 Å². The first kappa shape index (κ1) is 23.5. The molecule has 1 saturated heterocycles. The molecule has 0 aliphatic carbocycles. The summed E-state index contributed by atoms with van der Waals surface area (Å²) in [6, 6.07) is 23.0. The van der Waals surface area contributed by atoms with Crippen molar-refractivity contribution in [2.75, 3.05) is 6.54 Å². The number of hydrogen-bond donors (Lipinski definition) is 1. The molecule has 37 heavy (non-hydrogen) atoms. The molecule has 1 N–H and O–H groups in total. The molecular weight excluding hydrogens is 462 g/mol. The third-order valence-corrected chi connectivity index (χ3v) is 7.73. The Labute approximate surface area is 216 Å². The maximum absolute atomic E-state index is 13.5. The quantitative estimate of drug-likeness (QED) is 0.328. The average Bonchev–Trinajstić information content (AvgIpc) is 3.39. The smallest absolute Gasteiger partial charge is 0.254 e. The van der Waals surface area contributed by atoms with Gasteiger partial charge in [-0.25, -0.2) is 0 Å². The van der Waals surface area contributed by atoms with Crippen molar-refractivity contribution in [1.29, 1.82) is 0 Å². The zero-order valence-corrected chi connectivity index (χ0v) is 21.4. The summed E-state index contributed by atoms with van der Waals surface area (Å²) < 4.78 is 7.78. The SMILES string of the molecule is Cc1noc(C)c1-c1ccc2c3cc(C(=O)N4CCC(O)CC4C)ccc3n(Cc3ccccc3)c2c1. The van der Waals surface area contributed by atoms with Gasteiger partial charge < -0.3 is 19.1 Å². The molecule has 0 radical (unpaired) electrons. The summed E-state index contributed by atoms with van der Waals surface area (Å²) in [5.41, 5.74) is 7.06. The Balaban J connectivity index is 1.50. The number of carbonyl (C=O) groups excluding carboxylic acids is 1. The molecule has 6 heteroatoms. The molecule has 2 atom stereocenters. The van der Waals surface area contributed by atoms with Crippen molar-refractivity contribution < 1.29 is 14.4 Å². The van der Waals surface area contributed by atoms with Gasteiger partial charge in [-0.15, -0.1) is 0 Å². The fourth-order valence-electron chi connectivity index (χ4n) is 5.83. The average molecular weight is 494 g/mol. The number of carbonyl (C=O) groups is 1. The van der Waals surface area contributed by atoms with Gasteiger partial charge in [0.1, 0.15) is 5.76 Å². The van der Waals surface area contributed by atoms with E-state index in [1.165, 1.54) is 5.56 Å². The number of piperidine rings is 1. The lowest BCUT2D eigenvalue weighted by molar-refractivity contribution is 0.0365. The van der Waals surface area contributed by atoms with Crippen molar-refractivity contribution in [1.82, 2.24) is 14.6 Å². The van der Waals surface area contributed by atoms with Crippen LogP contribution in [0.4, 0.5) is 0 Å². The van der Waals surface area contributed by atoms with Crippen LogP contribution in [0.25, 0.3) is 32.9 Å². The predicted octanol–water partition coefficient (Wildman–Crippen LogP) is 6.10. The first-order valence-electron chi connectivity index (χ1n) is 12.9. The summed E-state index contributed by atoms with van der Waals surface area (Å²) in [7, 11) is 0. The Morgan fingerprint density at radius 3 is 2.57 bits per heavy atom. The lowest BCUT2D eigenvalue weighted by atomic mass is 9.99. The van der Waals surface area contributed by atoms with Crippen molar-refractivity contribution in [3.8, 4) is 11.1 Å². The fraction of sp³-hybridized carbons (Fsp3) is 0.290. The van der Waals surface area contributed by atoms with Gasteiger partial charge >= 0.3 is 0 Å². The van der Waals surface area contributed by atoms with Crippen molar-refractivity contribution in [2.45, 2.75) is 52.3 Å². The molecule has 1 fully saturated rings. The number of amides is 1. The molecule has 1 aliphatic heterocycles. The fourth-order valence-corrected chi connectivity index (χ4v) is 5.83. The molecule has 2 unspecified atom stereocenters. The molecule has 1 amide bonds. The Morgan fingerprint density at radius 2 is 1.84 bits per heavy atom. The standard InChI is InChI=1S/C31H31N3O3/c1-19-15-25(35)13-14-33(19)31(36)24-10-12-28-27(16-24)26-11-9-23(30-20(2)32-37-21(30)3)17-29(26)34(28)18-22-7-5-4-6-8-22/h4-12,16-17,19,25,35H,13-15,18H2,1-3H3. The highest BCUT2D eigenvalue weighted by Crippen LogP contribution is 2.36. The minimum Gasteiger partial charge on any atom is -0.393 e. The van der Waals surface area contributed by atoms with E-state index in [9.17, 15) is 9.90 Å². The number of aliphatic hydroxyl groups excluding tert-OH is 1. The normalized spacial score (nSPS) is 18.1. The molecule has 3 aromatic carbocycles. The van der Waals surface area contributed by atoms with Crippen LogP contribution in [0.5, 0.6) is 0 Å². The zero-order valence-electron chi connectivity index (χ0n) is 21.4. The highest BCUT2D eigenvalue weighted by Gasteiger charge is 2.29. The molecule has 188 valence electrons. The summed E-state index contributed by atoms with van der Waals surface area (Å²) in [6.07, 6.45) is 0.915. The number of likely N-dealkylation sites (tertiary alicyclic amines) is 1. The van der Waals surface area contributed by atoms with Gasteiger partial charge in [0, 0.05) is 46.5 Å². The largest absolute Gasteiger partial charge is 0.393 e. The number of hydrogen-bond acceptors (Lipinski definition) is 4. The van der Waals surface area contributed by atoms with E-state index in [0.717, 1.165) is 50.9 Å². The molecule has 0 bridgehead atoms. The second-order valence-electron chi connectivity index (χ2n) is 10.3. The van der Waals surface area contributed by atoms with E-state index in [0.29, 0.717) is 24.9 Å². The third-order valence-electron chi connectivity index (χ3n) is 7.73. The van der Waals surface area contributed by atoms with Crippen LogP contribution >= 0.6 is 0 Å². The molecular formula is C31H31N3O3. The topological polar surface area (TPSA) is 71.5 Å². The minimum atomic E-state index is -0.329. The molecule has 0 spiro atoms. The van der Waals surface area contributed by atoms with Crippen molar-refractivity contribution in [3.63, 3.8) is 0 Å². The zero-order chi connectivity index (χ0) is 25.7. The van der Waals surface area contributed by atoms with Crippen LogP contribution in [0.1, 0.15) is 47.1 Å². The lowest BCUT2D eigenvalue weighted by Crippen LogP contribution is -2.46. The highest BCUT2D eigenvalue weighted by atomic mass is 16.5. The number of aliphatic hydroxyl groups is 1. The van der Waals surface area contributed by atoms with Gasteiger partial charge in [-0.05, 0) is 69.0 Å². The summed E-state index contributed by atoms with van der Waals surface area (Å²) in [5, 5.41) is 16.3. The Hall–Kier alpha value is -3.90. The van der Waals surface area contributed by atoms with Gasteiger partial charge in [0.15, 0.2) is 0 Å². The predicted molar refractivity (Wildman–Crippen MR) is 146 cm³/mol. The Morgan fingerprint density at radius 1 is 1.03 bits per heavy atom. The molecule has 0 saturated carbocycles. The molecule has 3 heterocycles. The van der Waals surface area contributed by atoms with E-state index in [2.05, 4.69) is 58.3 Å². The maximum Gasteiger partial charge on any atom is 0.254 e. The molecule has 2 aromatic heterocycles. The van der Waals surface area contributed by atoms with E-state index in [1.54, 1.807) is 0 Å². The van der Waals surface area contributed by atoms with Crippen LogP contribution < -0.4 is 0 Å². The number of aryl methyl sites for hydroxylation is 2. The van der Waals surface area contributed by atoms with Crippen molar-refractivity contribution in [3.05, 3.63) is 89.3 Å². The van der Waals surface area contributed by atoms with E-state index >= 15 is 0 Å². The van der Waals surface area contributed by atoms with Crippen LogP contribution in [0, 0.1) is 13.8 Å². The van der Waals surface area contributed by atoms with E-state index < -0.39 is 0 Å². The molecule has 1 aliphatic rings. The summed E-state index contributed by atoms with van der Waals surface area (Å²) in [6.45, 7) is 7.22. The van der Waals surface area contributed by atoms with Gasteiger partial charge in [0.05, 0.1) is 17.3 Å². The maximum atomic E-state index is 13.5. The Kier molecular flexibility index (Phi) is 5.84. The summed E-state index contributed by atoms with van der Waals surface area (Å²) in [5.74, 6) is 0.828. The number of aromatic nitrogens is 2. The lowest BCUT2D eigenvalue weighted by Gasteiger charge is -2.36. The van der Waals surface area contributed by atoms with Gasteiger partial charge in [-0.3, -0.25) is 4.79 Å². The highest BCUT2D eigenvalue weighted by molar-refractivity contribution is 6.11. The number of benzene rings is 3. The molecule has 6 rings (SSSR count). The van der Waals surface area contributed by atoms with Crippen LogP contribution in [0.2, 0.25) is 0 Å². The first-order valence-corrected chi connectivity index (χ1v) is 12.9. The van der Waals surface area contributed by atoms with E-state index in [4.69, 9.17) is 4.52 Å². The molecule has 6 nitrogen and oxygen atoms in total.